The summed E-state index contributed by atoms with van der Waals surface area (Å²) in [5.74, 6) is -0.810. The Kier molecular flexibility index (Phi) is 7.73. The molecule has 33 heavy (non-hydrogen) atoms. The summed E-state index contributed by atoms with van der Waals surface area (Å²) in [6, 6.07) is 9.32. The summed E-state index contributed by atoms with van der Waals surface area (Å²) in [4.78, 5) is 26.6. The molecule has 1 aliphatic heterocycles. The summed E-state index contributed by atoms with van der Waals surface area (Å²) in [5.41, 5.74) is 3.37. The Bertz CT molecular complexity index is 1140. The number of ether oxygens (including phenoxy) is 1. The molecule has 2 aromatic rings. The Hall–Kier alpha value is -2.94. The lowest BCUT2D eigenvalue weighted by molar-refractivity contribution is -0.149. The quantitative estimate of drug-likeness (QED) is 0.432. The van der Waals surface area contributed by atoms with Crippen LogP contribution in [0.5, 0.6) is 0 Å². The van der Waals surface area contributed by atoms with Gasteiger partial charge in [0.25, 0.3) is 5.91 Å². The number of amides is 1. The first-order valence-corrected chi connectivity index (χ1v) is 12.9. The fourth-order valence-corrected chi connectivity index (χ4v) is 5.73. The van der Waals surface area contributed by atoms with Crippen LogP contribution in [-0.4, -0.2) is 65.7 Å². The van der Waals surface area contributed by atoms with E-state index in [2.05, 4.69) is 5.10 Å². The number of hydrogen-bond acceptors (Lipinski definition) is 6. The van der Waals surface area contributed by atoms with E-state index < -0.39 is 22.4 Å². The summed E-state index contributed by atoms with van der Waals surface area (Å²) in [6.07, 6.45) is 3.34. The Morgan fingerprint density at radius 1 is 1.24 bits per heavy atom. The van der Waals surface area contributed by atoms with Gasteiger partial charge in [-0.15, -0.1) is 0 Å². The summed E-state index contributed by atoms with van der Waals surface area (Å²) < 4.78 is 30.7. The maximum Gasteiger partial charge on any atom is 0.331 e. The van der Waals surface area contributed by atoms with Gasteiger partial charge in [-0.1, -0.05) is 32.0 Å². The lowest BCUT2D eigenvalue weighted by Crippen LogP contribution is -2.45. The average molecular weight is 474 g/mol. The number of benzene rings is 1. The van der Waals surface area contributed by atoms with Crippen molar-refractivity contribution in [3.05, 3.63) is 53.4 Å². The molecule has 0 unspecified atom stereocenters. The van der Waals surface area contributed by atoms with Crippen LogP contribution in [0.2, 0.25) is 0 Å². The number of aromatic nitrogens is 2. The third-order valence-corrected chi connectivity index (χ3v) is 7.35. The number of carbonyl (C=O) groups is 2. The largest absolute Gasteiger partial charge is 0.452 e. The van der Waals surface area contributed by atoms with Crippen LogP contribution in [0, 0.1) is 19.8 Å². The molecule has 0 radical (unpaired) electrons. The third-order valence-electron chi connectivity index (χ3n) is 5.60. The van der Waals surface area contributed by atoms with E-state index in [0.29, 0.717) is 13.0 Å². The van der Waals surface area contributed by atoms with Crippen LogP contribution in [0.3, 0.4) is 0 Å². The lowest BCUT2D eigenvalue weighted by atomic mass is 10.1. The van der Waals surface area contributed by atoms with Crippen LogP contribution in [0.1, 0.15) is 37.2 Å². The van der Waals surface area contributed by atoms with E-state index in [4.69, 9.17) is 4.74 Å². The molecule has 1 fully saturated rings. The maximum atomic E-state index is 12.7. The summed E-state index contributed by atoms with van der Waals surface area (Å²) in [6.45, 7) is 7.69. The first-order valence-electron chi connectivity index (χ1n) is 11.0. The molecule has 1 amide bonds. The summed E-state index contributed by atoms with van der Waals surface area (Å²) in [5, 5.41) is 4.54. The van der Waals surface area contributed by atoms with Crippen molar-refractivity contribution in [2.45, 2.75) is 40.2 Å². The van der Waals surface area contributed by atoms with E-state index in [1.54, 1.807) is 11.0 Å². The first kappa shape index (κ1) is 24.7. The molecule has 0 bridgehead atoms. The molecule has 1 aliphatic rings. The second kappa shape index (κ2) is 10.3. The molecule has 0 spiro atoms. The molecule has 8 nitrogen and oxygen atoms in total. The maximum absolute atomic E-state index is 12.7. The number of esters is 1. The number of carbonyl (C=O) groups excluding carboxylic acids is 2. The molecule has 1 atom stereocenters. The average Bonchev–Trinajstić information content (AvgIpc) is 3.27. The minimum absolute atomic E-state index is 0.0384. The highest BCUT2D eigenvalue weighted by Gasteiger charge is 2.35. The highest BCUT2D eigenvalue weighted by molar-refractivity contribution is 7.91. The summed E-state index contributed by atoms with van der Waals surface area (Å²) in [7, 11) is -3.13. The molecule has 0 saturated carbocycles. The second-order valence-corrected chi connectivity index (χ2v) is 11.0. The monoisotopic (exact) mass is 473 g/mol. The fraction of sp³-hybridized carbons (Fsp3) is 0.458. The molecular weight excluding hydrogens is 442 g/mol. The highest BCUT2D eigenvalue weighted by atomic mass is 32.2. The second-order valence-electron chi connectivity index (χ2n) is 8.77. The fourth-order valence-electron chi connectivity index (χ4n) is 4.00. The molecule has 9 heteroatoms. The van der Waals surface area contributed by atoms with E-state index in [-0.39, 0.29) is 29.4 Å². The van der Waals surface area contributed by atoms with E-state index in [1.807, 2.05) is 62.7 Å². The van der Waals surface area contributed by atoms with E-state index >= 15 is 0 Å². The van der Waals surface area contributed by atoms with Crippen molar-refractivity contribution in [3.63, 3.8) is 0 Å². The van der Waals surface area contributed by atoms with Crippen LogP contribution in [-0.2, 0) is 24.2 Å². The molecule has 1 aromatic carbocycles. The van der Waals surface area contributed by atoms with Gasteiger partial charge in [-0.2, -0.15) is 5.10 Å². The zero-order chi connectivity index (χ0) is 24.2. The topological polar surface area (TPSA) is 98.6 Å². The number of rotatable bonds is 8. The smallest absolute Gasteiger partial charge is 0.331 e. The number of aryl methyl sites for hydroxylation is 1. The number of nitrogens with zero attached hydrogens (tertiary/aromatic N) is 3. The molecule has 3 rings (SSSR count). The van der Waals surface area contributed by atoms with Gasteiger partial charge in [-0.05, 0) is 44.4 Å². The summed E-state index contributed by atoms with van der Waals surface area (Å²) >= 11 is 0. The van der Waals surface area contributed by atoms with Crippen molar-refractivity contribution in [3.8, 4) is 5.69 Å². The normalized spacial score (nSPS) is 17.5. The number of para-hydroxylation sites is 1. The zero-order valence-electron chi connectivity index (χ0n) is 19.5. The van der Waals surface area contributed by atoms with Gasteiger partial charge in [0.05, 0.1) is 22.9 Å². The van der Waals surface area contributed by atoms with Gasteiger partial charge in [0.2, 0.25) is 0 Å². The molecule has 0 N–H and O–H groups in total. The van der Waals surface area contributed by atoms with Gasteiger partial charge >= 0.3 is 5.97 Å². The van der Waals surface area contributed by atoms with Crippen molar-refractivity contribution in [2.24, 2.45) is 5.92 Å². The predicted molar refractivity (Wildman–Crippen MR) is 127 cm³/mol. The van der Waals surface area contributed by atoms with Crippen LogP contribution >= 0.6 is 0 Å². The van der Waals surface area contributed by atoms with Gasteiger partial charge in [0, 0.05) is 29.9 Å². The van der Waals surface area contributed by atoms with Gasteiger partial charge in [0.1, 0.15) is 0 Å². The van der Waals surface area contributed by atoms with E-state index in [9.17, 15) is 18.0 Å². The minimum atomic E-state index is -3.13. The molecule has 0 aliphatic carbocycles. The van der Waals surface area contributed by atoms with Crippen molar-refractivity contribution in [1.82, 2.24) is 14.7 Å². The van der Waals surface area contributed by atoms with Gasteiger partial charge < -0.3 is 9.64 Å². The SMILES string of the molecule is Cc1nn(-c2ccccc2)c(C)c1/C=C/C(=O)OCC(=O)N(CC(C)C)[C@H]1CCS(=O)(=O)C1. The Morgan fingerprint density at radius 3 is 2.55 bits per heavy atom. The van der Waals surface area contributed by atoms with Crippen LogP contribution in [0.4, 0.5) is 0 Å². The Labute approximate surface area is 195 Å². The van der Waals surface area contributed by atoms with Crippen molar-refractivity contribution < 1.29 is 22.7 Å². The standard InChI is InChI=1S/C24H31N3O5S/c1-17(2)14-26(21-12-13-33(30,31)16-21)23(28)15-32-24(29)11-10-22-18(3)25-27(19(22)4)20-8-6-5-7-9-20/h5-11,17,21H,12-16H2,1-4H3/b11-10+/t21-/m0/s1. The molecule has 2 heterocycles. The molecule has 178 valence electrons. The van der Waals surface area contributed by atoms with Gasteiger partial charge in [-0.3, -0.25) is 4.79 Å². The highest BCUT2D eigenvalue weighted by Crippen LogP contribution is 2.20. The van der Waals surface area contributed by atoms with Gasteiger partial charge in [-0.25, -0.2) is 17.9 Å². The zero-order valence-corrected chi connectivity index (χ0v) is 20.3. The van der Waals surface area contributed by atoms with Crippen LogP contribution in [0.25, 0.3) is 11.8 Å². The molecule has 1 saturated heterocycles. The first-order chi connectivity index (χ1) is 15.6. The minimum Gasteiger partial charge on any atom is -0.452 e. The Morgan fingerprint density at radius 2 is 1.94 bits per heavy atom. The lowest BCUT2D eigenvalue weighted by Gasteiger charge is -2.29. The van der Waals surface area contributed by atoms with E-state index in [1.165, 1.54) is 6.08 Å². The van der Waals surface area contributed by atoms with Crippen LogP contribution < -0.4 is 0 Å². The Balaban J connectivity index is 1.63. The predicted octanol–water partition coefficient (Wildman–Crippen LogP) is 2.72. The molecular formula is C24H31N3O5S. The third kappa shape index (κ3) is 6.31. The molecule has 1 aromatic heterocycles. The van der Waals surface area contributed by atoms with Crippen molar-refractivity contribution in [1.29, 1.82) is 0 Å². The van der Waals surface area contributed by atoms with Crippen LogP contribution in [0.15, 0.2) is 36.4 Å². The number of hydrogen-bond donors (Lipinski definition) is 0. The van der Waals surface area contributed by atoms with Gasteiger partial charge in [0.15, 0.2) is 16.4 Å². The van der Waals surface area contributed by atoms with Crippen molar-refractivity contribution in [2.75, 3.05) is 24.7 Å². The van der Waals surface area contributed by atoms with Crippen molar-refractivity contribution >= 4 is 27.8 Å². The number of sulfone groups is 1. The van der Waals surface area contributed by atoms with E-state index in [0.717, 1.165) is 22.6 Å².